The van der Waals surface area contributed by atoms with E-state index in [1.807, 2.05) is 45.9 Å². The third kappa shape index (κ3) is 5.93. The molecule has 0 radical (unpaired) electrons. The molecular formula is C24H32ClNO4S. The van der Waals surface area contributed by atoms with E-state index in [0.717, 1.165) is 37.2 Å². The van der Waals surface area contributed by atoms with Crippen molar-refractivity contribution in [1.29, 1.82) is 0 Å². The van der Waals surface area contributed by atoms with Crippen molar-refractivity contribution in [2.24, 2.45) is 11.8 Å². The first-order chi connectivity index (χ1) is 14.7. The average Bonchev–Trinajstić information content (AvgIpc) is 2.72. The fourth-order valence-electron chi connectivity index (χ4n) is 3.75. The number of rotatable bonds is 8. The molecule has 2 aromatic carbocycles. The quantitative estimate of drug-likeness (QED) is 0.508. The fraction of sp³-hybridized carbons (Fsp3) is 0.500. The van der Waals surface area contributed by atoms with Gasteiger partial charge in [0.2, 0.25) is 0 Å². The molecule has 0 aliphatic carbocycles. The minimum Gasteiger partial charge on any atom is -0.492 e. The standard InChI is InChI=1S/C24H32ClNO4S/c1-17(2)15-26(23-7-5-18(3)13-19(23)4)31(27,28)21-6-8-24(22(25)14-21)30-16-20-9-11-29-12-10-20/h5-8,13-14,17,20H,9-12,15-16H2,1-4H3. The first kappa shape index (κ1) is 23.9. The summed E-state index contributed by atoms with van der Waals surface area (Å²) in [4.78, 5) is 0.163. The summed E-state index contributed by atoms with van der Waals surface area (Å²) in [6.07, 6.45) is 1.92. The molecule has 170 valence electrons. The molecule has 5 nitrogen and oxygen atoms in total. The lowest BCUT2D eigenvalue weighted by Gasteiger charge is -2.28. The van der Waals surface area contributed by atoms with Crippen molar-refractivity contribution in [3.63, 3.8) is 0 Å². The smallest absolute Gasteiger partial charge is 0.264 e. The molecule has 31 heavy (non-hydrogen) atoms. The molecule has 0 spiro atoms. The van der Waals surface area contributed by atoms with Gasteiger partial charge in [-0.3, -0.25) is 4.31 Å². The number of benzene rings is 2. The molecule has 0 bridgehead atoms. The Morgan fingerprint density at radius 2 is 1.84 bits per heavy atom. The number of sulfonamides is 1. The number of hydrogen-bond donors (Lipinski definition) is 0. The van der Waals surface area contributed by atoms with E-state index in [4.69, 9.17) is 21.1 Å². The van der Waals surface area contributed by atoms with Crippen LogP contribution in [0.5, 0.6) is 5.75 Å². The SMILES string of the molecule is Cc1ccc(N(CC(C)C)S(=O)(=O)c2ccc(OCC3CCOCC3)c(Cl)c2)c(C)c1. The van der Waals surface area contributed by atoms with Crippen molar-refractivity contribution in [1.82, 2.24) is 0 Å². The van der Waals surface area contributed by atoms with Crippen molar-refractivity contribution in [3.05, 3.63) is 52.5 Å². The maximum absolute atomic E-state index is 13.6. The lowest BCUT2D eigenvalue weighted by atomic mass is 10.0. The Bertz CT molecular complexity index is 1000. The summed E-state index contributed by atoms with van der Waals surface area (Å²) >= 11 is 6.43. The summed E-state index contributed by atoms with van der Waals surface area (Å²) in [5.41, 5.74) is 2.71. The van der Waals surface area contributed by atoms with E-state index >= 15 is 0 Å². The van der Waals surface area contributed by atoms with Gasteiger partial charge < -0.3 is 9.47 Å². The van der Waals surface area contributed by atoms with Crippen LogP contribution < -0.4 is 9.04 Å². The highest BCUT2D eigenvalue weighted by Crippen LogP contribution is 2.33. The molecule has 0 saturated carbocycles. The van der Waals surface area contributed by atoms with Crippen molar-refractivity contribution in [2.45, 2.75) is 45.4 Å². The number of ether oxygens (including phenoxy) is 2. The second-order valence-electron chi connectivity index (χ2n) is 8.68. The van der Waals surface area contributed by atoms with Gasteiger partial charge in [-0.05, 0) is 68.4 Å². The summed E-state index contributed by atoms with van der Waals surface area (Å²) in [6, 6.07) is 10.5. The fourth-order valence-corrected chi connectivity index (χ4v) is 5.77. The highest BCUT2D eigenvalue weighted by atomic mass is 35.5. The van der Waals surface area contributed by atoms with Gasteiger partial charge in [0.05, 0.1) is 22.2 Å². The van der Waals surface area contributed by atoms with Crippen molar-refractivity contribution in [2.75, 3.05) is 30.7 Å². The zero-order valence-corrected chi connectivity index (χ0v) is 20.3. The molecule has 0 N–H and O–H groups in total. The predicted octanol–water partition coefficient (Wildman–Crippen LogP) is 5.61. The number of hydrogen-bond acceptors (Lipinski definition) is 4. The van der Waals surface area contributed by atoms with E-state index in [0.29, 0.717) is 35.5 Å². The maximum Gasteiger partial charge on any atom is 0.264 e. The molecule has 1 saturated heterocycles. The second kappa shape index (κ2) is 10.2. The largest absolute Gasteiger partial charge is 0.492 e. The summed E-state index contributed by atoms with van der Waals surface area (Å²) in [6.45, 7) is 10.4. The zero-order valence-electron chi connectivity index (χ0n) is 18.7. The number of halogens is 1. The molecule has 1 heterocycles. The minimum atomic E-state index is -3.78. The Morgan fingerprint density at radius 1 is 1.13 bits per heavy atom. The first-order valence-electron chi connectivity index (χ1n) is 10.8. The van der Waals surface area contributed by atoms with Gasteiger partial charge in [-0.25, -0.2) is 8.42 Å². The summed E-state index contributed by atoms with van der Waals surface area (Å²) in [5.74, 6) is 1.10. The third-order valence-corrected chi connectivity index (χ3v) is 7.53. The van der Waals surface area contributed by atoms with Crippen LogP contribution in [0.4, 0.5) is 5.69 Å². The number of anilines is 1. The molecule has 3 rings (SSSR count). The molecule has 1 aliphatic rings. The normalized spacial score (nSPS) is 15.3. The first-order valence-corrected chi connectivity index (χ1v) is 12.6. The Morgan fingerprint density at radius 3 is 2.45 bits per heavy atom. The topological polar surface area (TPSA) is 55.8 Å². The molecule has 0 unspecified atom stereocenters. The van der Waals surface area contributed by atoms with Gasteiger partial charge in [-0.1, -0.05) is 43.1 Å². The van der Waals surface area contributed by atoms with Gasteiger partial charge in [0, 0.05) is 19.8 Å². The third-order valence-electron chi connectivity index (χ3n) is 5.46. The van der Waals surface area contributed by atoms with Crippen LogP contribution >= 0.6 is 11.6 Å². The van der Waals surface area contributed by atoms with E-state index in [9.17, 15) is 8.42 Å². The van der Waals surface area contributed by atoms with Crippen molar-refractivity contribution < 1.29 is 17.9 Å². The van der Waals surface area contributed by atoms with Gasteiger partial charge in [0.15, 0.2) is 0 Å². The molecule has 0 atom stereocenters. The van der Waals surface area contributed by atoms with Crippen LogP contribution in [-0.2, 0) is 14.8 Å². The second-order valence-corrected chi connectivity index (χ2v) is 10.9. The predicted molar refractivity (Wildman–Crippen MR) is 126 cm³/mol. The molecule has 7 heteroatoms. The van der Waals surface area contributed by atoms with Gasteiger partial charge in [0.1, 0.15) is 5.75 Å². The number of aryl methyl sites for hydroxylation is 2. The lowest BCUT2D eigenvalue weighted by molar-refractivity contribution is 0.0497. The van der Waals surface area contributed by atoms with E-state index in [-0.39, 0.29) is 10.8 Å². The Balaban J connectivity index is 1.86. The van der Waals surface area contributed by atoms with Crippen LogP contribution in [0, 0.1) is 25.7 Å². The van der Waals surface area contributed by atoms with E-state index in [2.05, 4.69) is 0 Å². The molecular weight excluding hydrogens is 434 g/mol. The van der Waals surface area contributed by atoms with Gasteiger partial charge in [-0.15, -0.1) is 0 Å². The van der Waals surface area contributed by atoms with E-state index < -0.39 is 10.0 Å². The summed E-state index contributed by atoms with van der Waals surface area (Å²) < 4.78 is 39.9. The monoisotopic (exact) mass is 465 g/mol. The Hall–Kier alpha value is -1.76. The Labute approximate surface area is 191 Å². The molecule has 0 aromatic heterocycles. The van der Waals surface area contributed by atoms with E-state index in [1.165, 1.54) is 10.4 Å². The summed E-state index contributed by atoms with van der Waals surface area (Å²) in [5, 5.41) is 0.304. The molecule has 1 aliphatic heterocycles. The van der Waals surface area contributed by atoms with Crippen LogP contribution in [-0.4, -0.2) is 34.8 Å². The average molecular weight is 466 g/mol. The van der Waals surface area contributed by atoms with E-state index in [1.54, 1.807) is 12.1 Å². The van der Waals surface area contributed by atoms with Crippen LogP contribution in [0.3, 0.4) is 0 Å². The van der Waals surface area contributed by atoms with Crippen LogP contribution in [0.1, 0.15) is 37.8 Å². The van der Waals surface area contributed by atoms with Crippen LogP contribution in [0.15, 0.2) is 41.3 Å². The summed E-state index contributed by atoms with van der Waals surface area (Å²) in [7, 11) is -3.78. The van der Waals surface area contributed by atoms with Crippen LogP contribution in [0.25, 0.3) is 0 Å². The highest BCUT2D eigenvalue weighted by molar-refractivity contribution is 7.92. The maximum atomic E-state index is 13.6. The van der Waals surface area contributed by atoms with Gasteiger partial charge >= 0.3 is 0 Å². The highest BCUT2D eigenvalue weighted by Gasteiger charge is 2.28. The van der Waals surface area contributed by atoms with Crippen molar-refractivity contribution in [3.8, 4) is 5.75 Å². The van der Waals surface area contributed by atoms with Crippen LogP contribution in [0.2, 0.25) is 5.02 Å². The molecule has 1 fully saturated rings. The van der Waals surface area contributed by atoms with Gasteiger partial charge in [0.25, 0.3) is 10.0 Å². The van der Waals surface area contributed by atoms with Gasteiger partial charge in [-0.2, -0.15) is 0 Å². The Kier molecular flexibility index (Phi) is 7.89. The minimum absolute atomic E-state index is 0.160. The number of nitrogens with zero attached hydrogens (tertiary/aromatic N) is 1. The lowest BCUT2D eigenvalue weighted by Crippen LogP contribution is -2.34. The molecule has 2 aromatic rings. The molecule has 0 amide bonds. The van der Waals surface area contributed by atoms with Crippen molar-refractivity contribution >= 4 is 27.3 Å². The zero-order chi connectivity index (χ0) is 22.6.